The molecule has 0 aliphatic rings. The summed E-state index contributed by atoms with van der Waals surface area (Å²) in [6.07, 6.45) is 2.83. The van der Waals surface area contributed by atoms with E-state index in [4.69, 9.17) is 0 Å². The minimum atomic E-state index is -1.14. The minimum absolute atomic E-state index is 0.124. The third kappa shape index (κ3) is 5.69. The summed E-state index contributed by atoms with van der Waals surface area (Å²) in [7, 11) is 1.57. The molecule has 0 atom stereocenters. The number of likely N-dealkylation sites (N-methyl/N-ethyl adjacent to an activating group) is 1. The smallest absolute Gasteiger partial charge is 0.324 e. The zero-order chi connectivity index (χ0) is 23.1. The molecule has 0 aliphatic heterocycles. The van der Waals surface area contributed by atoms with Crippen molar-refractivity contribution in [1.29, 1.82) is 0 Å². The molecule has 1 heterocycles. The van der Waals surface area contributed by atoms with Crippen molar-refractivity contribution in [2.75, 3.05) is 17.7 Å². The highest BCUT2D eigenvalue weighted by molar-refractivity contribution is 5.99. The number of aromatic nitrogens is 2. The van der Waals surface area contributed by atoms with Crippen molar-refractivity contribution < 1.29 is 18.4 Å². The lowest BCUT2D eigenvalue weighted by molar-refractivity contribution is -0.119. The molecule has 0 spiro atoms. The zero-order valence-corrected chi connectivity index (χ0v) is 17.9. The predicted molar refractivity (Wildman–Crippen MR) is 119 cm³/mol. The number of halogens is 2. The molecule has 7 nitrogen and oxygen atoms in total. The van der Waals surface area contributed by atoms with E-state index in [9.17, 15) is 18.4 Å². The fraction of sp³-hybridized carbons (Fsp3) is 0.261. The molecule has 0 unspecified atom stereocenters. The molecule has 9 heteroatoms. The van der Waals surface area contributed by atoms with Crippen molar-refractivity contribution in [3.8, 4) is 5.69 Å². The van der Waals surface area contributed by atoms with Crippen LogP contribution in [0.4, 0.5) is 25.1 Å². The van der Waals surface area contributed by atoms with Gasteiger partial charge in [-0.3, -0.25) is 10.1 Å². The van der Waals surface area contributed by atoms with E-state index in [2.05, 4.69) is 28.0 Å². The topological polar surface area (TPSA) is 88.0 Å². The summed E-state index contributed by atoms with van der Waals surface area (Å²) in [6.45, 7) is 2.07. The first-order chi connectivity index (χ1) is 15.4. The average molecular weight is 441 g/mol. The largest absolute Gasteiger partial charge is 0.359 e. The lowest BCUT2D eigenvalue weighted by Gasteiger charge is -2.11. The van der Waals surface area contributed by atoms with Gasteiger partial charge in [0.1, 0.15) is 5.82 Å². The Bertz CT molecular complexity index is 1110. The number of carbonyl (C=O) groups is 2. The van der Waals surface area contributed by atoms with Crippen LogP contribution >= 0.6 is 0 Å². The van der Waals surface area contributed by atoms with Gasteiger partial charge in [-0.25, -0.2) is 18.3 Å². The van der Waals surface area contributed by atoms with Crippen LogP contribution in [0, 0.1) is 11.6 Å². The van der Waals surface area contributed by atoms with Crippen molar-refractivity contribution >= 4 is 23.4 Å². The van der Waals surface area contributed by atoms with E-state index in [1.54, 1.807) is 36.0 Å². The third-order valence-electron chi connectivity index (χ3n) is 4.79. The van der Waals surface area contributed by atoms with Gasteiger partial charge in [0.2, 0.25) is 5.91 Å². The Morgan fingerprint density at radius 2 is 1.84 bits per heavy atom. The number of nitrogens with zero attached hydrogens (tertiary/aromatic N) is 2. The van der Waals surface area contributed by atoms with Crippen LogP contribution in [0.5, 0.6) is 0 Å². The van der Waals surface area contributed by atoms with Crippen molar-refractivity contribution in [3.05, 3.63) is 71.4 Å². The van der Waals surface area contributed by atoms with Gasteiger partial charge >= 0.3 is 6.03 Å². The van der Waals surface area contributed by atoms with Gasteiger partial charge in [0.15, 0.2) is 11.6 Å². The zero-order valence-electron chi connectivity index (χ0n) is 17.9. The first-order valence-corrected chi connectivity index (χ1v) is 10.3. The molecule has 32 heavy (non-hydrogen) atoms. The molecule has 0 aliphatic carbocycles. The van der Waals surface area contributed by atoms with Gasteiger partial charge in [0.25, 0.3) is 0 Å². The summed E-state index contributed by atoms with van der Waals surface area (Å²) in [5, 5.41) is 12.1. The number of benzene rings is 2. The second-order valence-corrected chi connectivity index (χ2v) is 7.24. The maximum Gasteiger partial charge on any atom is 0.324 e. The summed E-state index contributed by atoms with van der Waals surface area (Å²) >= 11 is 0. The van der Waals surface area contributed by atoms with Crippen LogP contribution in [0.2, 0.25) is 0 Å². The molecule has 0 saturated carbocycles. The molecule has 1 aromatic heterocycles. The molecule has 0 bridgehead atoms. The van der Waals surface area contributed by atoms with E-state index in [-0.39, 0.29) is 18.0 Å². The summed E-state index contributed by atoms with van der Waals surface area (Å²) in [5.41, 5.74) is 1.94. The number of hydrogen-bond acceptors (Lipinski definition) is 3. The van der Waals surface area contributed by atoms with E-state index < -0.39 is 17.7 Å². The Kier molecular flexibility index (Phi) is 7.54. The maximum atomic E-state index is 13.9. The quantitative estimate of drug-likeness (QED) is 0.483. The molecule has 0 fully saturated rings. The molecule has 3 N–H and O–H groups in total. The highest BCUT2D eigenvalue weighted by Gasteiger charge is 2.15. The van der Waals surface area contributed by atoms with Gasteiger partial charge in [-0.15, -0.1) is 0 Å². The lowest BCUT2D eigenvalue weighted by atomic mass is 10.1. The Labute approximate surface area is 184 Å². The Morgan fingerprint density at radius 1 is 1.06 bits per heavy atom. The number of aryl methyl sites for hydroxylation is 1. The van der Waals surface area contributed by atoms with Gasteiger partial charge < -0.3 is 10.6 Å². The van der Waals surface area contributed by atoms with Crippen molar-refractivity contribution in [2.24, 2.45) is 0 Å². The fourth-order valence-electron chi connectivity index (χ4n) is 3.14. The second-order valence-electron chi connectivity index (χ2n) is 7.24. The average Bonchev–Trinajstić information content (AvgIpc) is 3.18. The van der Waals surface area contributed by atoms with Crippen molar-refractivity contribution in [1.82, 2.24) is 15.1 Å². The molecule has 0 radical (unpaired) electrons. The Morgan fingerprint density at radius 3 is 2.59 bits per heavy atom. The van der Waals surface area contributed by atoms with Gasteiger partial charge in [-0.05, 0) is 42.7 Å². The highest BCUT2D eigenvalue weighted by Crippen LogP contribution is 2.21. The van der Waals surface area contributed by atoms with Gasteiger partial charge in [0.05, 0.1) is 23.5 Å². The molecule has 2 aromatic carbocycles. The van der Waals surface area contributed by atoms with Gasteiger partial charge in [-0.1, -0.05) is 31.5 Å². The molecular formula is C23H25F2N5O2. The molecule has 3 rings (SSSR count). The summed E-state index contributed by atoms with van der Waals surface area (Å²) in [6, 6.07) is 11.8. The third-order valence-corrected chi connectivity index (χ3v) is 4.79. The van der Waals surface area contributed by atoms with Gasteiger partial charge in [-0.2, -0.15) is 5.10 Å². The van der Waals surface area contributed by atoms with Crippen molar-refractivity contribution in [3.63, 3.8) is 0 Å². The lowest BCUT2D eigenvalue weighted by Crippen LogP contribution is -2.22. The molecule has 3 amide bonds. The SMILES string of the molecule is CCCCc1cc(NC(=O)Nc2cccc(F)c2F)n(-c2cccc(CC(=O)NC)c2)n1. The number of hydrogen-bond donors (Lipinski definition) is 3. The number of amides is 3. The number of rotatable bonds is 8. The second kappa shape index (κ2) is 10.5. The van der Waals surface area contributed by atoms with Gasteiger partial charge in [0, 0.05) is 13.1 Å². The maximum absolute atomic E-state index is 13.9. The Hall–Kier alpha value is -3.75. The Balaban J connectivity index is 1.87. The van der Waals surface area contributed by atoms with E-state index >= 15 is 0 Å². The molecule has 0 saturated heterocycles. The van der Waals surface area contributed by atoms with E-state index in [0.29, 0.717) is 11.5 Å². The summed E-state index contributed by atoms with van der Waals surface area (Å²) in [5.74, 6) is -1.95. The van der Waals surface area contributed by atoms with Crippen LogP contribution in [-0.4, -0.2) is 28.8 Å². The highest BCUT2D eigenvalue weighted by atomic mass is 19.2. The minimum Gasteiger partial charge on any atom is -0.359 e. The summed E-state index contributed by atoms with van der Waals surface area (Å²) < 4.78 is 28.9. The number of unbranched alkanes of at least 4 members (excludes halogenated alkanes) is 1. The van der Waals surface area contributed by atoms with E-state index in [0.717, 1.165) is 36.6 Å². The van der Waals surface area contributed by atoms with Crippen LogP contribution in [0.15, 0.2) is 48.5 Å². The van der Waals surface area contributed by atoms with Crippen LogP contribution in [0.25, 0.3) is 5.69 Å². The number of urea groups is 1. The number of anilines is 2. The predicted octanol–water partition coefficient (Wildman–Crippen LogP) is 4.43. The molecule has 3 aromatic rings. The molecular weight excluding hydrogens is 416 g/mol. The first-order valence-electron chi connectivity index (χ1n) is 10.3. The van der Waals surface area contributed by atoms with Crippen LogP contribution in [-0.2, 0) is 17.6 Å². The number of nitrogens with one attached hydrogen (secondary N) is 3. The fourth-order valence-corrected chi connectivity index (χ4v) is 3.14. The van der Waals surface area contributed by atoms with E-state index in [1.807, 2.05) is 6.07 Å². The first kappa shape index (κ1) is 22.9. The van der Waals surface area contributed by atoms with Crippen molar-refractivity contribution in [2.45, 2.75) is 32.6 Å². The van der Waals surface area contributed by atoms with Crippen LogP contribution in [0.1, 0.15) is 31.0 Å². The molecule has 168 valence electrons. The van der Waals surface area contributed by atoms with Crippen LogP contribution < -0.4 is 16.0 Å². The number of carbonyl (C=O) groups excluding carboxylic acids is 2. The van der Waals surface area contributed by atoms with Crippen LogP contribution in [0.3, 0.4) is 0 Å². The standard InChI is InChI=1S/C23H25F2N5O2/c1-3-4-8-16-14-20(28-23(32)27-19-11-6-10-18(24)22(19)25)30(29-16)17-9-5-7-15(12-17)13-21(31)26-2/h5-7,9-12,14H,3-4,8,13H2,1-2H3,(H,26,31)(H2,27,28,32). The summed E-state index contributed by atoms with van der Waals surface area (Å²) in [4.78, 5) is 24.2. The van der Waals surface area contributed by atoms with E-state index in [1.165, 1.54) is 12.1 Å². The monoisotopic (exact) mass is 441 g/mol. The normalized spacial score (nSPS) is 10.6.